The van der Waals surface area contributed by atoms with Crippen LogP contribution in [0.2, 0.25) is 0 Å². The van der Waals surface area contributed by atoms with Gasteiger partial charge in [0, 0.05) is 43.4 Å². The summed E-state index contributed by atoms with van der Waals surface area (Å²) in [6.07, 6.45) is 8.73. The standard InChI is InChI=1S/C24H34N6O/c1-29(17-18-3-2-8-25-16-18)24-23-22(26-9-10-27-23)15-21(28-24)19-4-6-20(7-5-19)30-11-13-31-14-12-30/h4-7,9-10,15,18,23-25,27-28H,2-3,8,11-14,16-17H2,1H3. The van der Waals surface area contributed by atoms with Crippen molar-refractivity contribution < 1.29 is 4.74 Å². The molecule has 31 heavy (non-hydrogen) atoms. The third-order valence-electron chi connectivity index (χ3n) is 6.78. The fourth-order valence-electron chi connectivity index (χ4n) is 5.05. The number of rotatable bonds is 5. The van der Waals surface area contributed by atoms with Gasteiger partial charge in [-0.1, -0.05) is 12.1 Å². The lowest BCUT2D eigenvalue weighted by atomic mass is 9.95. The lowest BCUT2D eigenvalue weighted by Gasteiger charge is -2.42. The number of anilines is 1. The Morgan fingerprint density at radius 3 is 2.81 bits per heavy atom. The number of hydrogen-bond acceptors (Lipinski definition) is 7. The van der Waals surface area contributed by atoms with Crippen LogP contribution in [0.1, 0.15) is 18.4 Å². The highest BCUT2D eigenvalue weighted by Crippen LogP contribution is 2.25. The van der Waals surface area contributed by atoms with E-state index < -0.39 is 0 Å². The summed E-state index contributed by atoms with van der Waals surface area (Å²) in [4.78, 5) is 9.54. The van der Waals surface area contributed by atoms with Crippen LogP contribution in [0.4, 0.5) is 5.69 Å². The third-order valence-corrected chi connectivity index (χ3v) is 6.78. The number of morpholine rings is 1. The molecule has 3 atom stereocenters. The van der Waals surface area contributed by atoms with Gasteiger partial charge in [-0.15, -0.1) is 0 Å². The number of ether oxygens (including phenoxy) is 1. The smallest absolute Gasteiger partial charge is 0.106 e. The van der Waals surface area contributed by atoms with Crippen LogP contribution in [-0.2, 0) is 4.74 Å². The van der Waals surface area contributed by atoms with Crippen molar-refractivity contribution in [2.45, 2.75) is 25.0 Å². The quantitative estimate of drug-likeness (QED) is 0.670. The lowest BCUT2D eigenvalue weighted by molar-refractivity contribution is 0.122. The molecule has 7 heteroatoms. The third kappa shape index (κ3) is 4.63. The summed E-state index contributed by atoms with van der Waals surface area (Å²) >= 11 is 0. The first-order valence-electron chi connectivity index (χ1n) is 11.6. The highest BCUT2D eigenvalue weighted by atomic mass is 16.5. The molecule has 0 saturated carbocycles. The Labute approximate surface area is 185 Å². The Morgan fingerprint density at radius 2 is 2.03 bits per heavy atom. The van der Waals surface area contributed by atoms with Gasteiger partial charge in [0.1, 0.15) is 12.2 Å². The number of aliphatic imine (C=N–C) groups is 1. The second-order valence-corrected chi connectivity index (χ2v) is 8.96. The first-order valence-corrected chi connectivity index (χ1v) is 11.6. The Morgan fingerprint density at radius 1 is 1.19 bits per heavy atom. The van der Waals surface area contributed by atoms with Gasteiger partial charge in [-0.3, -0.25) is 9.89 Å². The monoisotopic (exact) mass is 422 g/mol. The van der Waals surface area contributed by atoms with Gasteiger partial charge >= 0.3 is 0 Å². The highest BCUT2D eigenvalue weighted by molar-refractivity contribution is 6.07. The fourth-order valence-corrected chi connectivity index (χ4v) is 5.05. The number of hydrogen-bond donors (Lipinski definition) is 3. The van der Waals surface area contributed by atoms with Crippen molar-refractivity contribution in [2.75, 3.05) is 57.9 Å². The van der Waals surface area contributed by atoms with Gasteiger partial charge < -0.3 is 25.6 Å². The Balaban J connectivity index is 1.34. The van der Waals surface area contributed by atoms with Gasteiger partial charge in [-0.2, -0.15) is 0 Å². The molecule has 3 N–H and O–H groups in total. The van der Waals surface area contributed by atoms with Crippen LogP contribution in [-0.4, -0.2) is 75.8 Å². The van der Waals surface area contributed by atoms with E-state index in [1.165, 1.54) is 24.1 Å². The SMILES string of the molecule is CN(CC1CCCNC1)C1NC(c2ccc(N3CCOCC3)cc2)=CC2=NC=CNC21. The minimum absolute atomic E-state index is 0.155. The number of nitrogens with one attached hydrogen (secondary N) is 3. The maximum atomic E-state index is 5.48. The minimum atomic E-state index is 0.155. The van der Waals surface area contributed by atoms with E-state index in [2.05, 4.69) is 63.1 Å². The molecular formula is C24H34N6O. The van der Waals surface area contributed by atoms with Gasteiger partial charge in [0.05, 0.1) is 18.9 Å². The summed E-state index contributed by atoms with van der Waals surface area (Å²) in [5, 5.41) is 10.9. The maximum Gasteiger partial charge on any atom is 0.106 e. The van der Waals surface area contributed by atoms with Gasteiger partial charge in [0.15, 0.2) is 0 Å². The fraction of sp³-hybridized carbons (Fsp3) is 0.542. The molecule has 7 nitrogen and oxygen atoms in total. The van der Waals surface area contributed by atoms with Crippen molar-refractivity contribution in [3.05, 3.63) is 48.3 Å². The first-order chi connectivity index (χ1) is 15.3. The molecule has 0 spiro atoms. The summed E-state index contributed by atoms with van der Waals surface area (Å²) < 4.78 is 5.48. The molecule has 0 aromatic heterocycles. The van der Waals surface area contributed by atoms with Gasteiger partial charge in [0.2, 0.25) is 0 Å². The van der Waals surface area contributed by atoms with E-state index in [0.29, 0.717) is 5.92 Å². The van der Waals surface area contributed by atoms with Crippen molar-refractivity contribution in [2.24, 2.45) is 10.9 Å². The van der Waals surface area contributed by atoms with Crippen LogP contribution >= 0.6 is 0 Å². The predicted molar refractivity (Wildman–Crippen MR) is 126 cm³/mol. The average Bonchev–Trinajstić information content (AvgIpc) is 2.84. The van der Waals surface area contributed by atoms with Crippen molar-refractivity contribution >= 4 is 17.1 Å². The van der Waals surface area contributed by atoms with Crippen LogP contribution in [0, 0.1) is 5.92 Å². The van der Waals surface area contributed by atoms with E-state index in [1.54, 1.807) is 0 Å². The van der Waals surface area contributed by atoms with E-state index in [-0.39, 0.29) is 12.2 Å². The van der Waals surface area contributed by atoms with Gasteiger partial charge in [-0.05, 0) is 62.7 Å². The zero-order chi connectivity index (χ0) is 21.0. The van der Waals surface area contributed by atoms with E-state index in [1.807, 2.05) is 12.4 Å². The molecule has 0 bridgehead atoms. The molecular weight excluding hydrogens is 388 g/mol. The van der Waals surface area contributed by atoms with Crippen LogP contribution in [0.15, 0.2) is 47.7 Å². The van der Waals surface area contributed by atoms with Crippen molar-refractivity contribution in [3.8, 4) is 0 Å². The lowest BCUT2D eigenvalue weighted by Crippen LogP contribution is -2.61. The van der Waals surface area contributed by atoms with E-state index in [4.69, 9.17) is 9.73 Å². The van der Waals surface area contributed by atoms with E-state index in [9.17, 15) is 0 Å². The summed E-state index contributed by atoms with van der Waals surface area (Å²) in [6.45, 7) is 6.87. The highest BCUT2D eigenvalue weighted by Gasteiger charge is 2.34. The summed E-state index contributed by atoms with van der Waals surface area (Å²) in [5.41, 5.74) is 4.69. The molecule has 2 saturated heterocycles. The average molecular weight is 423 g/mol. The molecule has 166 valence electrons. The van der Waals surface area contributed by atoms with Gasteiger partial charge in [-0.25, -0.2) is 0 Å². The number of likely N-dealkylation sites (N-methyl/N-ethyl adjacent to an activating group) is 1. The summed E-state index contributed by atoms with van der Waals surface area (Å²) in [7, 11) is 2.23. The Hall–Kier alpha value is -2.35. The molecule has 1 aromatic rings. The topological polar surface area (TPSA) is 64.2 Å². The van der Waals surface area contributed by atoms with Crippen molar-refractivity contribution in [3.63, 3.8) is 0 Å². The molecule has 0 amide bonds. The molecule has 5 rings (SSSR count). The second kappa shape index (κ2) is 9.42. The molecule has 1 aromatic carbocycles. The zero-order valence-electron chi connectivity index (χ0n) is 18.4. The summed E-state index contributed by atoms with van der Waals surface area (Å²) in [5.74, 6) is 0.697. The number of nitrogens with zero attached hydrogens (tertiary/aromatic N) is 3. The zero-order valence-corrected chi connectivity index (χ0v) is 18.4. The Kier molecular flexibility index (Phi) is 6.25. The molecule has 3 unspecified atom stereocenters. The number of piperidine rings is 1. The van der Waals surface area contributed by atoms with Crippen LogP contribution in [0.5, 0.6) is 0 Å². The van der Waals surface area contributed by atoms with Crippen molar-refractivity contribution in [1.82, 2.24) is 20.9 Å². The van der Waals surface area contributed by atoms with E-state index in [0.717, 1.165) is 57.3 Å². The molecule has 0 aliphatic carbocycles. The van der Waals surface area contributed by atoms with Gasteiger partial charge in [0.25, 0.3) is 0 Å². The molecule has 0 radical (unpaired) electrons. The molecule has 4 aliphatic rings. The van der Waals surface area contributed by atoms with Crippen LogP contribution < -0.4 is 20.9 Å². The first kappa shape index (κ1) is 20.5. The number of fused-ring (bicyclic) bond motifs is 1. The molecule has 4 aliphatic heterocycles. The summed E-state index contributed by atoms with van der Waals surface area (Å²) in [6, 6.07) is 9.05. The van der Waals surface area contributed by atoms with E-state index >= 15 is 0 Å². The Bertz CT molecular complexity index is 836. The van der Waals surface area contributed by atoms with Crippen LogP contribution in [0.3, 0.4) is 0 Å². The van der Waals surface area contributed by atoms with Crippen molar-refractivity contribution in [1.29, 1.82) is 0 Å². The molecule has 4 heterocycles. The number of benzene rings is 1. The molecule has 2 fully saturated rings. The van der Waals surface area contributed by atoms with Crippen LogP contribution in [0.25, 0.3) is 5.70 Å². The predicted octanol–water partition coefficient (Wildman–Crippen LogP) is 1.61. The maximum absolute atomic E-state index is 5.48. The second-order valence-electron chi connectivity index (χ2n) is 8.96. The largest absolute Gasteiger partial charge is 0.378 e. The normalized spacial score (nSPS) is 28.3. The minimum Gasteiger partial charge on any atom is -0.378 e.